The summed E-state index contributed by atoms with van der Waals surface area (Å²) >= 11 is 0. The lowest BCUT2D eigenvalue weighted by molar-refractivity contribution is -0.146. The van der Waals surface area contributed by atoms with E-state index in [1.165, 1.54) is 14.0 Å². The molecule has 198 valence electrons. The van der Waals surface area contributed by atoms with Gasteiger partial charge in [-0.05, 0) is 92.6 Å². The zero-order valence-electron chi connectivity index (χ0n) is 22.2. The molecule has 36 heavy (non-hydrogen) atoms. The third-order valence-electron chi connectivity index (χ3n) is 8.64. The Labute approximate surface area is 214 Å². The number of benzene rings is 1. The van der Waals surface area contributed by atoms with Crippen LogP contribution in [0.3, 0.4) is 0 Å². The van der Waals surface area contributed by atoms with Crippen LogP contribution in [0.1, 0.15) is 76.5 Å². The predicted molar refractivity (Wildman–Crippen MR) is 140 cm³/mol. The predicted octanol–water partition coefficient (Wildman–Crippen LogP) is 3.97. The smallest absolute Gasteiger partial charge is 0.406 e. The Bertz CT molecular complexity index is 964. The van der Waals surface area contributed by atoms with E-state index < -0.39 is 11.5 Å². The number of alkyl carbamates (subject to hydrolysis) is 1. The van der Waals surface area contributed by atoms with Crippen molar-refractivity contribution in [1.82, 2.24) is 15.5 Å². The van der Waals surface area contributed by atoms with Gasteiger partial charge in [0.2, 0.25) is 11.8 Å². The fourth-order valence-corrected chi connectivity index (χ4v) is 6.73. The lowest BCUT2D eigenvalue weighted by Gasteiger charge is -2.52. The van der Waals surface area contributed by atoms with Crippen LogP contribution in [-0.2, 0) is 19.7 Å². The zero-order valence-corrected chi connectivity index (χ0v) is 22.2. The highest BCUT2D eigenvalue weighted by atomic mass is 16.5. The maximum Gasteiger partial charge on any atom is 0.406 e. The number of hydrogen-bond acceptors (Lipinski definition) is 5. The Hall–Kier alpha value is -2.61. The first-order valence-electron chi connectivity index (χ1n) is 13.5. The molecule has 2 fully saturated rings. The molecule has 1 saturated carbocycles. The van der Waals surface area contributed by atoms with Crippen molar-refractivity contribution in [2.45, 2.75) is 70.8 Å². The molecule has 1 aliphatic carbocycles. The number of piperidine rings is 1. The lowest BCUT2D eigenvalue weighted by Crippen LogP contribution is -2.58. The summed E-state index contributed by atoms with van der Waals surface area (Å²) in [5, 5.41) is 8.85. The fraction of sp³-hybridized carbons (Fsp3) is 0.679. The van der Waals surface area contributed by atoms with E-state index in [-0.39, 0.29) is 24.5 Å². The van der Waals surface area contributed by atoms with E-state index in [1.807, 2.05) is 11.0 Å². The number of carbonyl (C=O) groups is 3. The summed E-state index contributed by atoms with van der Waals surface area (Å²) < 4.78 is 5.35. The van der Waals surface area contributed by atoms with E-state index in [2.05, 4.69) is 41.9 Å². The molecule has 3 N–H and O–H groups in total. The molecule has 2 heterocycles. The number of carbonyl (C=O) groups excluding carboxylic acids is 3. The van der Waals surface area contributed by atoms with Gasteiger partial charge in [-0.25, -0.2) is 4.79 Å². The minimum Gasteiger partial charge on any atom is -0.448 e. The van der Waals surface area contributed by atoms with Crippen molar-refractivity contribution >= 4 is 23.6 Å². The van der Waals surface area contributed by atoms with Gasteiger partial charge in [-0.3, -0.25) is 9.59 Å². The number of anilines is 1. The fourth-order valence-electron chi connectivity index (χ4n) is 6.73. The molecule has 1 saturated heterocycles. The number of nitrogens with zero attached hydrogens (tertiary/aromatic N) is 1. The normalized spacial score (nSPS) is 25.4. The summed E-state index contributed by atoms with van der Waals surface area (Å²) in [5.74, 6) is 1.75. The van der Waals surface area contributed by atoms with Gasteiger partial charge in [-0.1, -0.05) is 19.9 Å². The Morgan fingerprint density at radius 2 is 1.86 bits per heavy atom. The number of fused-ring (bicyclic) bond motifs is 2. The Kier molecular flexibility index (Phi) is 8.23. The van der Waals surface area contributed by atoms with E-state index in [9.17, 15) is 14.4 Å². The highest BCUT2D eigenvalue weighted by Crippen LogP contribution is 2.51. The molecule has 3 aliphatic rings. The summed E-state index contributed by atoms with van der Waals surface area (Å²) in [7, 11) is 1.54. The SMILES string of the molecule is CNC(=O)OCCN1C(=O)C2(CCNCC2)c2ccc(NC(C)=O)cc2C1C1CCC(C(C)C)CC1. The van der Waals surface area contributed by atoms with Crippen LogP contribution in [0.5, 0.6) is 0 Å². The first kappa shape index (κ1) is 26.5. The molecule has 8 heteroatoms. The molecule has 0 radical (unpaired) electrons. The number of hydrogen-bond donors (Lipinski definition) is 3. The highest BCUT2D eigenvalue weighted by Gasteiger charge is 2.52. The van der Waals surface area contributed by atoms with Crippen molar-refractivity contribution in [3.63, 3.8) is 0 Å². The standard InChI is InChI=1S/C28H42N4O4/c1-18(2)20-5-7-21(8-6-20)25-23-17-22(31-19(3)33)9-10-24(23)28(11-13-30-14-12-28)26(34)32(25)15-16-36-27(35)29-4/h9-10,17-18,20-21,25,30H,5-8,11-16H2,1-4H3,(H,29,35)(H,31,33). The van der Waals surface area contributed by atoms with Gasteiger partial charge < -0.3 is 25.6 Å². The zero-order chi connectivity index (χ0) is 25.9. The maximum atomic E-state index is 14.4. The van der Waals surface area contributed by atoms with Crippen molar-refractivity contribution in [3.8, 4) is 0 Å². The van der Waals surface area contributed by atoms with Gasteiger partial charge in [0.15, 0.2) is 0 Å². The van der Waals surface area contributed by atoms with Gasteiger partial charge in [0, 0.05) is 19.7 Å². The Morgan fingerprint density at radius 1 is 1.17 bits per heavy atom. The van der Waals surface area contributed by atoms with Gasteiger partial charge in [0.05, 0.1) is 18.0 Å². The van der Waals surface area contributed by atoms with Crippen molar-refractivity contribution in [2.75, 3.05) is 38.6 Å². The number of rotatable bonds is 6. The second-order valence-corrected chi connectivity index (χ2v) is 11.1. The molecular formula is C28H42N4O4. The molecule has 1 spiro atoms. The minimum absolute atomic E-state index is 0.0943. The first-order valence-corrected chi connectivity index (χ1v) is 13.5. The minimum atomic E-state index is -0.589. The third-order valence-corrected chi connectivity index (χ3v) is 8.64. The molecule has 0 bridgehead atoms. The van der Waals surface area contributed by atoms with E-state index in [4.69, 9.17) is 4.74 Å². The number of amides is 3. The molecular weight excluding hydrogens is 456 g/mol. The van der Waals surface area contributed by atoms with Crippen LogP contribution >= 0.6 is 0 Å². The van der Waals surface area contributed by atoms with Gasteiger partial charge in [-0.2, -0.15) is 0 Å². The lowest BCUT2D eigenvalue weighted by atomic mass is 9.63. The van der Waals surface area contributed by atoms with Gasteiger partial charge in [0.1, 0.15) is 6.61 Å². The summed E-state index contributed by atoms with van der Waals surface area (Å²) in [6.45, 7) is 8.19. The molecule has 3 amide bonds. The molecule has 1 unspecified atom stereocenters. The molecule has 0 aromatic heterocycles. The Balaban J connectivity index is 1.76. The van der Waals surface area contributed by atoms with Gasteiger partial charge in [0.25, 0.3) is 0 Å². The highest BCUT2D eigenvalue weighted by molar-refractivity contribution is 5.93. The van der Waals surface area contributed by atoms with Crippen LogP contribution < -0.4 is 16.0 Å². The van der Waals surface area contributed by atoms with Crippen LogP contribution in [0.15, 0.2) is 18.2 Å². The second-order valence-electron chi connectivity index (χ2n) is 11.1. The average Bonchev–Trinajstić information content (AvgIpc) is 2.87. The average molecular weight is 499 g/mol. The molecule has 2 aliphatic heterocycles. The van der Waals surface area contributed by atoms with Crippen molar-refractivity contribution < 1.29 is 19.1 Å². The van der Waals surface area contributed by atoms with Crippen molar-refractivity contribution in [3.05, 3.63) is 29.3 Å². The van der Waals surface area contributed by atoms with Gasteiger partial charge >= 0.3 is 6.09 Å². The van der Waals surface area contributed by atoms with Crippen LogP contribution in [0.2, 0.25) is 0 Å². The maximum absolute atomic E-state index is 14.4. The first-order chi connectivity index (χ1) is 17.3. The quantitative estimate of drug-likeness (QED) is 0.551. The third kappa shape index (κ3) is 5.24. The van der Waals surface area contributed by atoms with E-state index in [0.29, 0.717) is 24.3 Å². The summed E-state index contributed by atoms with van der Waals surface area (Å²) in [6.07, 6.45) is 5.42. The van der Waals surface area contributed by atoms with Crippen LogP contribution in [0.4, 0.5) is 10.5 Å². The largest absolute Gasteiger partial charge is 0.448 e. The van der Waals surface area contributed by atoms with Crippen LogP contribution in [0, 0.1) is 17.8 Å². The molecule has 1 aromatic carbocycles. The van der Waals surface area contributed by atoms with Crippen LogP contribution in [-0.4, -0.2) is 56.1 Å². The summed E-state index contributed by atoms with van der Waals surface area (Å²) in [5.41, 5.74) is 2.44. The van der Waals surface area contributed by atoms with E-state index in [0.717, 1.165) is 68.4 Å². The molecule has 4 rings (SSSR count). The Morgan fingerprint density at radius 3 is 2.47 bits per heavy atom. The second kappa shape index (κ2) is 11.2. The summed E-state index contributed by atoms with van der Waals surface area (Å²) in [4.78, 5) is 40.0. The summed E-state index contributed by atoms with van der Waals surface area (Å²) in [6, 6.07) is 6.02. The number of nitrogens with one attached hydrogen (secondary N) is 3. The monoisotopic (exact) mass is 498 g/mol. The molecule has 1 aromatic rings. The number of ether oxygens (including phenoxy) is 1. The van der Waals surface area contributed by atoms with Crippen LogP contribution in [0.25, 0.3) is 0 Å². The van der Waals surface area contributed by atoms with Crippen molar-refractivity contribution in [2.24, 2.45) is 17.8 Å². The topological polar surface area (TPSA) is 99.8 Å². The molecule has 8 nitrogen and oxygen atoms in total. The van der Waals surface area contributed by atoms with E-state index >= 15 is 0 Å². The molecule has 1 atom stereocenters. The van der Waals surface area contributed by atoms with Crippen molar-refractivity contribution in [1.29, 1.82) is 0 Å². The van der Waals surface area contributed by atoms with E-state index in [1.54, 1.807) is 0 Å². The van der Waals surface area contributed by atoms with Gasteiger partial charge in [-0.15, -0.1) is 0 Å².